The lowest BCUT2D eigenvalue weighted by molar-refractivity contribution is 0.122. The number of pyridine rings is 1. The van der Waals surface area contributed by atoms with Gasteiger partial charge in [-0.15, -0.1) is 0 Å². The molecule has 1 aromatic carbocycles. The van der Waals surface area contributed by atoms with Crippen LogP contribution in [0.25, 0.3) is 11.0 Å². The predicted octanol–water partition coefficient (Wildman–Crippen LogP) is 2.78. The fourth-order valence-electron chi connectivity index (χ4n) is 2.98. The maximum absolute atomic E-state index is 5.41. The number of anilines is 2. The van der Waals surface area contributed by atoms with Crippen LogP contribution in [0.5, 0.6) is 0 Å². The minimum atomic E-state index is 0.688. The molecule has 0 atom stereocenters. The first kappa shape index (κ1) is 15.8. The first-order valence-corrected chi connectivity index (χ1v) is 8.54. The number of aryl methyl sites for hydroxylation is 1. The summed E-state index contributed by atoms with van der Waals surface area (Å²) in [5.74, 6) is 1.83. The summed E-state index contributed by atoms with van der Waals surface area (Å²) in [5.41, 5.74) is 3.90. The Balaban J connectivity index is 1.50. The van der Waals surface area contributed by atoms with E-state index in [1.54, 1.807) is 0 Å². The second-order valence-electron chi connectivity index (χ2n) is 6.12. The number of benzene rings is 1. The SMILES string of the molecule is Cc1nc2ccccc2nc1NCc1ccnc(N2CCOCC2)c1. The number of morpholine rings is 1. The lowest BCUT2D eigenvalue weighted by Gasteiger charge is -2.28. The molecule has 2 aromatic heterocycles. The quantitative estimate of drug-likeness (QED) is 0.791. The standard InChI is InChI=1S/C19H21N5O/c1-14-19(23-17-5-3-2-4-16(17)22-14)21-13-15-6-7-20-18(12-15)24-8-10-25-11-9-24/h2-7,12H,8-11,13H2,1H3,(H,21,23). The van der Waals surface area contributed by atoms with E-state index in [1.807, 2.05) is 43.5 Å². The summed E-state index contributed by atoms with van der Waals surface area (Å²) in [6, 6.07) is 12.1. The minimum Gasteiger partial charge on any atom is -0.378 e. The molecule has 1 aliphatic rings. The fourth-order valence-corrected chi connectivity index (χ4v) is 2.98. The summed E-state index contributed by atoms with van der Waals surface area (Å²) in [4.78, 5) is 16.1. The Morgan fingerprint density at radius 3 is 2.64 bits per heavy atom. The van der Waals surface area contributed by atoms with Gasteiger partial charge < -0.3 is 15.0 Å². The summed E-state index contributed by atoms with van der Waals surface area (Å²) in [6.45, 7) is 5.96. The Morgan fingerprint density at radius 2 is 1.84 bits per heavy atom. The molecule has 0 saturated carbocycles. The number of aromatic nitrogens is 3. The Hall–Kier alpha value is -2.73. The van der Waals surface area contributed by atoms with Gasteiger partial charge in [-0.1, -0.05) is 12.1 Å². The lowest BCUT2D eigenvalue weighted by atomic mass is 10.2. The molecule has 3 aromatic rings. The first-order valence-electron chi connectivity index (χ1n) is 8.54. The van der Waals surface area contributed by atoms with Gasteiger partial charge in [-0.05, 0) is 36.8 Å². The molecule has 25 heavy (non-hydrogen) atoms. The van der Waals surface area contributed by atoms with Crippen LogP contribution in [-0.4, -0.2) is 41.3 Å². The smallest absolute Gasteiger partial charge is 0.148 e. The molecule has 0 aliphatic carbocycles. The van der Waals surface area contributed by atoms with Crippen LogP contribution >= 0.6 is 0 Å². The van der Waals surface area contributed by atoms with Gasteiger partial charge in [-0.25, -0.2) is 15.0 Å². The van der Waals surface area contributed by atoms with Crippen molar-refractivity contribution < 1.29 is 4.74 Å². The maximum atomic E-state index is 5.41. The number of nitrogens with one attached hydrogen (secondary N) is 1. The van der Waals surface area contributed by atoms with Crippen LogP contribution in [0.1, 0.15) is 11.3 Å². The number of para-hydroxylation sites is 2. The van der Waals surface area contributed by atoms with Crippen molar-refractivity contribution in [3.63, 3.8) is 0 Å². The van der Waals surface area contributed by atoms with Crippen molar-refractivity contribution in [3.8, 4) is 0 Å². The van der Waals surface area contributed by atoms with Crippen molar-refractivity contribution in [1.29, 1.82) is 0 Å². The van der Waals surface area contributed by atoms with Crippen LogP contribution in [0.2, 0.25) is 0 Å². The highest BCUT2D eigenvalue weighted by Gasteiger charge is 2.12. The molecule has 1 saturated heterocycles. The van der Waals surface area contributed by atoms with E-state index in [4.69, 9.17) is 4.74 Å². The zero-order valence-corrected chi connectivity index (χ0v) is 14.3. The zero-order valence-electron chi connectivity index (χ0n) is 14.3. The summed E-state index contributed by atoms with van der Waals surface area (Å²) in [6.07, 6.45) is 1.86. The topological polar surface area (TPSA) is 63.2 Å². The third kappa shape index (κ3) is 3.53. The van der Waals surface area contributed by atoms with E-state index in [1.165, 1.54) is 5.56 Å². The Bertz CT molecular complexity index is 877. The molecule has 1 aliphatic heterocycles. The van der Waals surface area contributed by atoms with Crippen LogP contribution in [0.15, 0.2) is 42.6 Å². The summed E-state index contributed by atoms with van der Waals surface area (Å²) >= 11 is 0. The second kappa shape index (κ2) is 7.03. The van der Waals surface area contributed by atoms with Gasteiger partial charge >= 0.3 is 0 Å². The van der Waals surface area contributed by atoms with Crippen molar-refractivity contribution in [2.75, 3.05) is 36.5 Å². The number of fused-ring (bicyclic) bond motifs is 1. The van der Waals surface area contributed by atoms with Crippen molar-refractivity contribution in [2.45, 2.75) is 13.5 Å². The number of hydrogen-bond acceptors (Lipinski definition) is 6. The fraction of sp³-hybridized carbons (Fsp3) is 0.316. The highest BCUT2D eigenvalue weighted by Crippen LogP contribution is 2.18. The zero-order chi connectivity index (χ0) is 17.1. The molecule has 1 N–H and O–H groups in total. The van der Waals surface area contributed by atoms with Gasteiger partial charge in [-0.2, -0.15) is 0 Å². The molecular weight excluding hydrogens is 314 g/mol. The van der Waals surface area contributed by atoms with Crippen molar-refractivity contribution >= 4 is 22.7 Å². The minimum absolute atomic E-state index is 0.688. The Labute approximate surface area is 146 Å². The van der Waals surface area contributed by atoms with Gasteiger partial charge in [0.05, 0.1) is 29.9 Å². The monoisotopic (exact) mass is 335 g/mol. The van der Waals surface area contributed by atoms with Gasteiger partial charge in [0.1, 0.15) is 11.6 Å². The molecule has 0 spiro atoms. The normalized spacial score (nSPS) is 14.7. The van der Waals surface area contributed by atoms with Crippen LogP contribution in [0.3, 0.4) is 0 Å². The molecule has 0 amide bonds. The molecule has 1 fully saturated rings. The van der Waals surface area contributed by atoms with Crippen molar-refractivity contribution in [1.82, 2.24) is 15.0 Å². The third-order valence-corrected chi connectivity index (χ3v) is 4.35. The molecule has 4 rings (SSSR count). The van der Waals surface area contributed by atoms with Gasteiger partial charge in [0, 0.05) is 25.8 Å². The first-order chi connectivity index (χ1) is 12.3. The average Bonchev–Trinajstić information content (AvgIpc) is 2.67. The number of ether oxygens (including phenoxy) is 1. The third-order valence-electron chi connectivity index (χ3n) is 4.35. The molecule has 0 unspecified atom stereocenters. The van der Waals surface area contributed by atoms with E-state index in [0.29, 0.717) is 6.54 Å². The Kier molecular flexibility index (Phi) is 4.43. The van der Waals surface area contributed by atoms with Crippen molar-refractivity contribution in [3.05, 3.63) is 53.9 Å². The van der Waals surface area contributed by atoms with Crippen LogP contribution in [-0.2, 0) is 11.3 Å². The molecule has 0 radical (unpaired) electrons. The van der Waals surface area contributed by atoms with Crippen LogP contribution < -0.4 is 10.2 Å². The largest absolute Gasteiger partial charge is 0.378 e. The van der Waals surface area contributed by atoms with E-state index in [9.17, 15) is 0 Å². The predicted molar refractivity (Wildman–Crippen MR) is 98.9 cm³/mol. The van der Waals surface area contributed by atoms with Gasteiger partial charge in [-0.3, -0.25) is 0 Å². The van der Waals surface area contributed by atoms with E-state index in [0.717, 1.165) is 54.7 Å². The van der Waals surface area contributed by atoms with Crippen molar-refractivity contribution in [2.24, 2.45) is 0 Å². The van der Waals surface area contributed by atoms with Gasteiger partial charge in [0.25, 0.3) is 0 Å². The molecule has 128 valence electrons. The molecule has 6 heteroatoms. The summed E-state index contributed by atoms with van der Waals surface area (Å²) in [7, 11) is 0. The highest BCUT2D eigenvalue weighted by molar-refractivity contribution is 5.76. The number of hydrogen-bond donors (Lipinski definition) is 1. The summed E-state index contributed by atoms with van der Waals surface area (Å²) < 4.78 is 5.41. The average molecular weight is 335 g/mol. The van der Waals surface area contributed by atoms with E-state index >= 15 is 0 Å². The lowest BCUT2D eigenvalue weighted by Crippen LogP contribution is -2.36. The molecular formula is C19H21N5O. The van der Waals surface area contributed by atoms with Crippen LogP contribution in [0, 0.1) is 6.92 Å². The molecule has 0 bridgehead atoms. The summed E-state index contributed by atoms with van der Waals surface area (Å²) in [5, 5.41) is 3.41. The van der Waals surface area contributed by atoms with E-state index < -0.39 is 0 Å². The molecule has 3 heterocycles. The number of rotatable bonds is 4. The van der Waals surface area contributed by atoms with E-state index in [-0.39, 0.29) is 0 Å². The van der Waals surface area contributed by atoms with E-state index in [2.05, 4.69) is 31.2 Å². The second-order valence-corrected chi connectivity index (χ2v) is 6.12. The maximum Gasteiger partial charge on any atom is 0.148 e. The van der Waals surface area contributed by atoms with Crippen LogP contribution in [0.4, 0.5) is 11.6 Å². The Morgan fingerprint density at radius 1 is 1.08 bits per heavy atom. The van der Waals surface area contributed by atoms with Gasteiger partial charge in [0.2, 0.25) is 0 Å². The highest BCUT2D eigenvalue weighted by atomic mass is 16.5. The van der Waals surface area contributed by atoms with Gasteiger partial charge in [0.15, 0.2) is 0 Å². The molecule has 6 nitrogen and oxygen atoms in total. The number of nitrogens with zero attached hydrogens (tertiary/aromatic N) is 4.